The lowest BCUT2D eigenvalue weighted by Crippen LogP contribution is -2.31. The van der Waals surface area contributed by atoms with Crippen molar-refractivity contribution in [1.29, 1.82) is 0 Å². The molecule has 22 heavy (non-hydrogen) atoms. The third-order valence-corrected chi connectivity index (χ3v) is 5.45. The van der Waals surface area contributed by atoms with E-state index in [1.165, 1.54) is 0 Å². The molecule has 112 valence electrons. The monoisotopic (exact) mass is 292 g/mol. The van der Waals surface area contributed by atoms with Gasteiger partial charge in [-0.15, -0.1) is 0 Å². The lowest BCUT2D eigenvalue weighted by Gasteiger charge is -2.18. The Bertz CT molecular complexity index is 662. The van der Waals surface area contributed by atoms with E-state index < -0.39 is 5.41 Å². The second-order valence-corrected chi connectivity index (χ2v) is 6.64. The van der Waals surface area contributed by atoms with Crippen LogP contribution in [0.5, 0.6) is 0 Å². The van der Waals surface area contributed by atoms with Crippen LogP contribution in [0.25, 0.3) is 0 Å². The topological polar surface area (TPSA) is 34.1 Å². The first-order chi connectivity index (χ1) is 10.4. The molecule has 2 aromatic carbocycles. The van der Waals surface area contributed by atoms with Gasteiger partial charge in [-0.2, -0.15) is 0 Å². The summed E-state index contributed by atoms with van der Waals surface area (Å²) >= 11 is 0. The Kier molecular flexibility index (Phi) is 3.28. The number of Topliss-reactive ketones (excluding diaryl/α,β-unsaturated/α-hetero) is 2. The molecule has 0 N–H and O–H groups in total. The number of carbonyl (C=O) groups excluding carboxylic acids is 2. The highest BCUT2D eigenvalue weighted by molar-refractivity contribution is 6.23. The number of benzene rings is 2. The van der Waals surface area contributed by atoms with Gasteiger partial charge in [0.1, 0.15) is 5.41 Å². The van der Waals surface area contributed by atoms with E-state index in [0.717, 1.165) is 0 Å². The second kappa shape index (κ2) is 4.91. The summed E-state index contributed by atoms with van der Waals surface area (Å²) in [5.74, 6) is -0.0840. The van der Waals surface area contributed by atoms with Crippen molar-refractivity contribution >= 4 is 11.6 Å². The van der Waals surface area contributed by atoms with Gasteiger partial charge in [-0.1, -0.05) is 81.4 Å². The number of rotatable bonds is 4. The van der Waals surface area contributed by atoms with E-state index in [2.05, 4.69) is 0 Å². The number of carbonyl (C=O) groups is 2. The average molecular weight is 292 g/mol. The first kappa shape index (κ1) is 14.7. The molecule has 1 aliphatic rings. The highest BCUT2D eigenvalue weighted by Gasteiger charge is 2.76. The third kappa shape index (κ3) is 1.80. The lowest BCUT2D eigenvalue weighted by atomic mass is 9.80. The van der Waals surface area contributed by atoms with Crippen LogP contribution in [0, 0.1) is 16.7 Å². The van der Waals surface area contributed by atoms with Gasteiger partial charge in [0.2, 0.25) is 0 Å². The first-order valence-electron chi connectivity index (χ1n) is 7.63. The molecule has 0 saturated heterocycles. The van der Waals surface area contributed by atoms with Gasteiger partial charge in [0.25, 0.3) is 0 Å². The van der Waals surface area contributed by atoms with Crippen LogP contribution in [-0.4, -0.2) is 11.6 Å². The predicted octanol–water partition coefficient (Wildman–Crippen LogP) is 4.41. The Hall–Kier alpha value is -2.22. The molecule has 0 aromatic heterocycles. The SMILES string of the molecule is CC1C(C)(C)C1(C(=O)c1ccccc1)C(=O)c1ccccc1. The standard InChI is InChI=1S/C20H20O2/c1-14-19(2,3)20(14,17(21)15-10-6-4-7-11-15)18(22)16-12-8-5-9-13-16/h4-14H,1-3H3. The minimum absolute atomic E-state index is 0.0282. The predicted molar refractivity (Wildman–Crippen MR) is 86.9 cm³/mol. The van der Waals surface area contributed by atoms with E-state index >= 15 is 0 Å². The van der Waals surface area contributed by atoms with Gasteiger partial charge in [-0.05, 0) is 11.3 Å². The normalized spacial score (nSPS) is 21.1. The summed E-state index contributed by atoms with van der Waals surface area (Å²) in [5.41, 5.74) is -0.0452. The molecule has 3 rings (SSSR count). The van der Waals surface area contributed by atoms with Crippen LogP contribution in [0.2, 0.25) is 0 Å². The molecule has 1 unspecified atom stereocenters. The summed E-state index contributed by atoms with van der Waals surface area (Å²) in [7, 11) is 0. The zero-order valence-corrected chi connectivity index (χ0v) is 13.2. The van der Waals surface area contributed by atoms with Gasteiger partial charge in [0, 0.05) is 11.1 Å². The third-order valence-electron chi connectivity index (χ3n) is 5.45. The van der Waals surface area contributed by atoms with E-state index in [4.69, 9.17) is 0 Å². The van der Waals surface area contributed by atoms with Crippen molar-refractivity contribution in [3.8, 4) is 0 Å². The zero-order chi connectivity index (χ0) is 16.0. The van der Waals surface area contributed by atoms with Crippen molar-refractivity contribution in [3.63, 3.8) is 0 Å². The average Bonchev–Trinajstić information content (AvgIpc) is 3.01. The smallest absolute Gasteiger partial charge is 0.177 e. The molecular weight excluding hydrogens is 272 g/mol. The van der Waals surface area contributed by atoms with E-state index in [1.807, 2.05) is 57.2 Å². The number of ketones is 2. The van der Waals surface area contributed by atoms with E-state index in [9.17, 15) is 9.59 Å². The van der Waals surface area contributed by atoms with Gasteiger partial charge < -0.3 is 0 Å². The maximum Gasteiger partial charge on any atom is 0.177 e. The quantitative estimate of drug-likeness (QED) is 0.617. The van der Waals surface area contributed by atoms with Crippen LogP contribution < -0.4 is 0 Å². The summed E-state index contributed by atoms with van der Waals surface area (Å²) in [6.07, 6.45) is 0. The van der Waals surface area contributed by atoms with Crippen LogP contribution in [0.1, 0.15) is 41.5 Å². The Morgan fingerprint density at radius 2 is 1.09 bits per heavy atom. The molecule has 1 fully saturated rings. The molecule has 1 aliphatic carbocycles. The number of hydrogen-bond acceptors (Lipinski definition) is 2. The van der Waals surface area contributed by atoms with Crippen molar-refractivity contribution in [1.82, 2.24) is 0 Å². The molecule has 0 bridgehead atoms. The fourth-order valence-electron chi connectivity index (χ4n) is 3.74. The van der Waals surface area contributed by atoms with Gasteiger partial charge in [-0.3, -0.25) is 9.59 Å². The van der Waals surface area contributed by atoms with E-state index in [1.54, 1.807) is 24.3 Å². The molecule has 2 heteroatoms. The van der Waals surface area contributed by atoms with E-state index in [0.29, 0.717) is 11.1 Å². The molecule has 0 aliphatic heterocycles. The highest BCUT2D eigenvalue weighted by atomic mass is 16.2. The Morgan fingerprint density at radius 1 is 0.773 bits per heavy atom. The van der Waals surface area contributed by atoms with Crippen LogP contribution in [0.3, 0.4) is 0 Å². The Labute approximate surface area is 131 Å². The molecular formula is C20H20O2. The molecule has 0 radical (unpaired) electrons. The maximum atomic E-state index is 13.1. The minimum atomic E-state index is -0.949. The zero-order valence-electron chi connectivity index (χ0n) is 13.2. The molecule has 2 nitrogen and oxygen atoms in total. The fraction of sp³-hybridized carbons (Fsp3) is 0.300. The lowest BCUT2D eigenvalue weighted by molar-refractivity contribution is 0.0739. The molecule has 0 spiro atoms. The van der Waals surface area contributed by atoms with Crippen molar-refractivity contribution < 1.29 is 9.59 Å². The van der Waals surface area contributed by atoms with Crippen molar-refractivity contribution in [2.45, 2.75) is 20.8 Å². The summed E-state index contributed by atoms with van der Waals surface area (Å²) in [6.45, 7) is 6.03. The van der Waals surface area contributed by atoms with Gasteiger partial charge in [0.05, 0.1) is 0 Å². The maximum absolute atomic E-state index is 13.1. The summed E-state index contributed by atoms with van der Waals surface area (Å²) in [5, 5.41) is 0. The molecule has 1 saturated carbocycles. The second-order valence-electron chi connectivity index (χ2n) is 6.64. The number of hydrogen-bond donors (Lipinski definition) is 0. The van der Waals surface area contributed by atoms with Crippen LogP contribution in [-0.2, 0) is 0 Å². The Balaban J connectivity index is 2.09. The van der Waals surface area contributed by atoms with Crippen LogP contribution >= 0.6 is 0 Å². The first-order valence-corrected chi connectivity index (χ1v) is 7.63. The fourth-order valence-corrected chi connectivity index (χ4v) is 3.74. The van der Waals surface area contributed by atoms with E-state index in [-0.39, 0.29) is 22.9 Å². The summed E-state index contributed by atoms with van der Waals surface area (Å²) in [6, 6.07) is 18.3. The van der Waals surface area contributed by atoms with Crippen LogP contribution in [0.15, 0.2) is 60.7 Å². The van der Waals surface area contributed by atoms with Gasteiger partial charge in [-0.25, -0.2) is 0 Å². The molecule has 2 aromatic rings. The Morgan fingerprint density at radius 3 is 1.36 bits per heavy atom. The summed E-state index contributed by atoms with van der Waals surface area (Å²) < 4.78 is 0. The summed E-state index contributed by atoms with van der Waals surface area (Å²) in [4.78, 5) is 26.3. The van der Waals surface area contributed by atoms with Crippen LogP contribution in [0.4, 0.5) is 0 Å². The van der Waals surface area contributed by atoms with Crippen molar-refractivity contribution in [3.05, 3.63) is 71.8 Å². The van der Waals surface area contributed by atoms with Crippen molar-refractivity contribution in [2.75, 3.05) is 0 Å². The molecule has 0 heterocycles. The van der Waals surface area contributed by atoms with Gasteiger partial charge in [0.15, 0.2) is 11.6 Å². The van der Waals surface area contributed by atoms with Crippen molar-refractivity contribution in [2.24, 2.45) is 16.7 Å². The van der Waals surface area contributed by atoms with Gasteiger partial charge >= 0.3 is 0 Å². The molecule has 1 atom stereocenters. The molecule has 0 amide bonds. The highest BCUT2D eigenvalue weighted by Crippen LogP contribution is 2.71. The largest absolute Gasteiger partial charge is 0.293 e. The minimum Gasteiger partial charge on any atom is -0.293 e.